The van der Waals surface area contributed by atoms with Gasteiger partial charge in [-0.25, -0.2) is 9.59 Å². The van der Waals surface area contributed by atoms with Crippen LogP contribution < -0.4 is 16.0 Å². The van der Waals surface area contributed by atoms with Gasteiger partial charge >= 0.3 is 20.5 Å². The van der Waals surface area contributed by atoms with E-state index in [9.17, 15) is 14.4 Å². The smallest absolute Gasteiger partial charge is 0.338 e. The molecule has 0 fully saturated rings. The van der Waals surface area contributed by atoms with Crippen molar-refractivity contribution in [3.05, 3.63) is 77.9 Å². The molecule has 0 aliphatic heterocycles. The van der Waals surface area contributed by atoms with Gasteiger partial charge in [-0.05, 0) is 118 Å². The van der Waals surface area contributed by atoms with Gasteiger partial charge in [0.1, 0.15) is 0 Å². The Bertz CT molecular complexity index is 1310. The maximum Gasteiger partial charge on any atom is 0.338 e. The van der Waals surface area contributed by atoms with Gasteiger partial charge in [0, 0.05) is 35.0 Å². The number of unbranched alkanes of at least 4 members (excludes halogenated alkanes) is 2. The lowest BCUT2D eigenvalue weighted by Crippen LogP contribution is -2.45. The first-order valence-corrected chi connectivity index (χ1v) is 22.2. The molecular formula is C35H51N3O6Si2. The molecule has 0 bridgehead atoms. The van der Waals surface area contributed by atoms with Crippen LogP contribution >= 0.6 is 0 Å². The fourth-order valence-corrected chi connectivity index (χ4v) is 11.2. The zero-order chi connectivity index (χ0) is 33.6. The summed E-state index contributed by atoms with van der Waals surface area (Å²) in [6, 6.07) is 21.1. The van der Waals surface area contributed by atoms with Crippen LogP contribution in [-0.2, 0) is 13.6 Å². The number of carbonyl (C=O) groups excluding carboxylic acids is 2. The molecule has 11 heteroatoms. The van der Waals surface area contributed by atoms with E-state index in [2.05, 4.69) is 49.4 Å². The lowest BCUT2D eigenvalue weighted by molar-refractivity contribution is 0.0490. The third-order valence-corrected chi connectivity index (χ3v) is 12.4. The first-order chi connectivity index (χ1) is 21.9. The van der Waals surface area contributed by atoms with Gasteiger partial charge in [0.25, 0.3) is 0 Å². The number of nitrogens with one attached hydrogen (secondary N) is 3. The average molecular weight is 666 g/mol. The maximum absolute atomic E-state index is 12.3. The predicted octanol–water partition coefficient (Wildman–Crippen LogP) is 8.81. The summed E-state index contributed by atoms with van der Waals surface area (Å²) in [6.45, 7) is 13.8. The minimum absolute atomic E-state index is 0.324. The van der Waals surface area contributed by atoms with E-state index in [4.69, 9.17) is 13.6 Å². The second-order valence-corrected chi connectivity index (χ2v) is 20.5. The minimum Gasteiger partial charge on any atom is -0.462 e. The summed E-state index contributed by atoms with van der Waals surface area (Å²) < 4.78 is 16.7. The van der Waals surface area contributed by atoms with Gasteiger partial charge in [0.05, 0.1) is 24.3 Å². The molecule has 0 aliphatic rings. The Morgan fingerprint density at radius 2 is 1.09 bits per heavy atom. The molecule has 0 saturated heterocycles. The number of rotatable bonds is 19. The van der Waals surface area contributed by atoms with Crippen molar-refractivity contribution in [1.29, 1.82) is 0 Å². The summed E-state index contributed by atoms with van der Waals surface area (Å²) in [6.07, 6.45) is 4.39. The minimum atomic E-state index is -2.71. The Balaban J connectivity index is 1.73. The first-order valence-electron chi connectivity index (χ1n) is 16.3. The molecule has 0 heterocycles. The largest absolute Gasteiger partial charge is 0.462 e. The number of esters is 2. The molecule has 0 spiro atoms. The molecule has 0 aliphatic carbocycles. The molecular weight excluding hydrogens is 615 g/mol. The Morgan fingerprint density at radius 1 is 0.652 bits per heavy atom. The number of ether oxygens (including phenoxy) is 2. The summed E-state index contributed by atoms with van der Waals surface area (Å²) in [7, 11) is -4.53. The summed E-state index contributed by atoms with van der Waals surface area (Å²) in [5, 5.41) is 10.4. The Labute approximate surface area is 276 Å². The number of anilines is 5. The van der Waals surface area contributed by atoms with E-state index in [-0.39, 0.29) is 11.9 Å². The highest BCUT2D eigenvalue weighted by Gasteiger charge is 2.32. The second kappa shape index (κ2) is 17.9. The topological polar surface area (TPSA) is 118 Å². The summed E-state index contributed by atoms with van der Waals surface area (Å²) in [5.74, 6) is -0.648. The van der Waals surface area contributed by atoms with Gasteiger partial charge in [-0.3, -0.25) is 0 Å². The van der Waals surface area contributed by atoms with Crippen LogP contribution in [0.5, 0.6) is 0 Å². The lowest BCUT2D eigenvalue weighted by atomic mass is 10.1. The van der Waals surface area contributed by atoms with Crippen LogP contribution in [0.4, 0.5) is 28.4 Å². The maximum atomic E-state index is 12.3. The molecule has 0 saturated carbocycles. The molecule has 250 valence electrons. The van der Waals surface area contributed by atoms with Gasteiger partial charge in [0.15, 0.2) is 8.32 Å². The van der Waals surface area contributed by atoms with Crippen LogP contribution in [0.15, 0.2) is 66.7 Å². The molecule has 3 aromatic carbocycles. The van der Waals surface area contributed by atoms with Gasteiger partial charge in [0.2, 0.25) is 0 Å². The van der Waals surface area contributed by atoms with Crippen molar-refractivity contribution in [3.8, 4) is 0 Å². The molecule has 3 rings (SSSR count). The van der Waals surface area contributed by atoms with E-state index in [1.807, 2.05) is 49.0 Å². The number of benzene rings is 3. The van der Waals surface area contributed by atoms with Crippen molar-refractivity contribution >= 4 is 57.3 Å². The zero-order valence-electron chi connectivity index (χ0n) is 28.2. The lowest BCUT2D eigenvalue weighted by Gasteiger charge is -2.29. The van der Waals surface area contributed by atoms with Gasteiger partial charge < -0.3 is 34.3 Å². The molecule has 1 unspecified atom stereocenters. The monoisotopic (exact) mass is 665 g/mol. The normalized spacial score (nSPS) is 12.6. The summed E-state index contributed by atoms with van der Waals surface area (Å²) in [4.78, 5) is 35.5. The van der Waals surface area contributed by atoms with Crippen molar-refractivity contribution in [2.24, 2.45) is 0 Å². The van der Waals surface area contributed by atoms with E-state index in [0.717, 1.165) is 60.5 Å². The third-order valence-electron chi connectivity index (χ3n) is 6.89. The van der Waals surface area contributed by atoms with E-state index in [0.29, 0.717) is 36.9 Å². The summed E-state index contributed by atoms with van der Waals surface area (Å²) in [5.41, 5.74) is 5.24. The van der Waals surface area contributed by atoms with Crippen molar-refractivity contribution in [2.75, 3.05) is 35.7 Å². The average Bonchev–Trinajstić information content (AvgIpc) is 2.99. The predicted molar refractivity (Wildman–Crippen MR) is 192 cm³/mol. The number of hydrogen-bond acceptors (Lipinski definition) is 9. The van der Waals surface area contributed by atoms with Gasteiger partial charge in [-0.1, -0.05) is 26.7 Å². The highest BCUT2D eigenvalue weighted by molar-refractivity contribution is 6.81. The molecule has 1 atom stereocenters. The van der Waals surface area contributed by atoms with Crippen LogP contribution in [0, 0.1) is 0 Å². The quantitative estimate of drug-likeness (QED) is 0.0566. The first kappa shape index (κ1) is 36.8. The molecule has 0 radical (unpaired) electrons. The van der Waals surface area contributed by atoms with Crippen LogP contribution in [0.25, 0.3) is 0 Å². The molecule has 0 aromatic heterocycles. The highest BCUT2D eigenvalue weighted by Crippen LogP contribution is 2.29. The van der Waals surface area contributed by atoms with E-state index in [1.165, 1.54) is 0 Å². The van der Waals surface area contributed by atoms with Crippen molar-refractivity contribution in [1.82, 2.24) is 0 Å². The molecule has 9 nitrogen and oxygen atoms in total. The van der Waals surface area contributed by atoms with Gasteiger partial charge in [-0.15, -0.1) is 0 Å². The van der Waals surface area contributed by atoms with E-state index in [1.54, 1.807) is 24.3 Å². The van der Waals surface area contributed by atoms with Crippen molar-refractivity contribution in [2.45, 2.75) is 78.2 Å². The Morgan fingerprint density at radius 3 is 1.50 bits per heavy atom. The standard InChI is InChI=1S/C35H51N3O6Si2/c1-7-9-21-42-34(39)27-12-16-29(17-13-27)37-32-24-31(36-20-11-23-46(6,41)44-45(3,4)5)25-33(26-32)38-30-18-14-28(15-19-30)35(40)43-22-10-8-2/h12-19,24-26,36-38,41H,7-11,20-23H2,1-6H3. The van der Waals surface area contributed by atoms with Crippen LogP contribution in [-0.4, -0.2) is 53.4 Å². The van der Waals surface area contributed by atoms with E-state index < -0.39 is 16.9 Å². The molecule has 0 amide bonds. The zero-order valence-corrected chi connectivity index (χ0v) is 30.2. The highest BCUT2D eigenvalue weighted by atomic mass is 28.4. The number of hydrogen-bond donors (Lipinski definition) is 4. The van der Waals surface area contributed by atoms with E-state index >= 15 is 0 Å². The Hall–Kier alpha value is -3.65. The third kappa shape index (κ3) is 13.4. The summed E-state index contributed by atoms with van der Waals surface area (Å²) >= 11 is 0. The second-order valence-electron chi connectivity index (χ2n) is 12.6. The Kier molecular flexibility index (Phi) is 14.3. The van der Waals surface area contributed by atoms with Crippen LogP contribution in [0.1, 0.15) is 66.7 Å². The fraction of sp³-hybridized carbons (Fsp3) is 0.429. The van der Waals surface area contributed by atoms with Crippen molar-refractivity contribution < 1.29 is 28.0 Å². The molecule has 46 heavy (non-hydrogen) atoms. The van der Waals surface area contributed by atoms with Gasteiger partial charge in [-0.2, -0.15) is 0 Å². The van der Waals surface area contributed by atoms with Crippen molar-refractivity contribution in [3.63, 3.8) is 0 Å². The fourth-order valence-electron chi connectivity index (χ4n) is 4.73. The molecule has 3 aromatic rings. The van der Waals surface area contributed by atoms with Crippen LogP contribution in [0.2, 0.25) is 32.2 Å². The SMILES string of the molecule is CCCCOC(=O)c1ccc(Nc2cc(NCCC[Si](C)(O)O[Si](C)(C)C)cc(Nc3ccc(C(=O)OCCCC)cc3)c2)cc1. The molecule has 4 N–H and O–H groups in total. The van der Waals surface area contributed by atoms with Crippen LogP contribution in [0.3, 0.4) is 0 Å². The number of carbonyl (C=O) groups is 2.